The average Bonchev–Trinajstić information content (AvgIpc) is 2.43. The summed E-state index contributed by atoms with van der Waals surface area (Å²) in [5, 5.41) is 0.589. The summed E-state index contributed by atoms with van der Waals surface area (Å²) in [6.45, 7) is 0.684. The Hall–Kier alpha value is -0.100. The smallest absolute Gasteiger partial charge is 0.200 e. The highest BCUT2D eigenvalue weighted by molar-refractivity contribution is 14.1. The third-order valence-corrected chi connectivity index (χ3v) is 3.13. The highest BCUT2D eigenvalue weighted by atomic mass is 127. The highest BCUT2D eigenvalue weighted by Gasteiger charge is 2.25. The summed E-state index contributed by atoms with van der Waals surface area (Å²) in [7, 11) is 0. The van der Waals surface area contributed by atoms with E-state index in [0.717, 1.165) is 0 Å². The molecule has 1 aliphatic rings. The van der Waals surface area contributed by atoms with E-state index in [1.165, 1.54) is 0 Å². The Morgan fingerprint density at radius 2 is 2.36 bits per heavy atom. The van der Waals surface area contributed by atoms with Crippen LogP contribution in [0, 0.1) is 3.70 Å². The summed E-state index contributed by atoms with van der Waals surface area (Å²) in [6, 6.07) is 0. The zero-order chi connectivity index (χ0) is 8.01. The molecule has 0 saturated carbocycles. The van der Waals surface area contributed by atoms with Crippen molar-refractivity contribution in [2.75, 3.05) is 0 Å². The van der Waals surface area contributed by atoms with Crippen LogP contribution in [0.5, 0.6) is 0 Å². The third kappa shape index (κ3) is 0.997. The Morgan fingerprint density at radius 1 is 1.64 bits per heavy atom. The van der Waals surface area contributed by atoms with Gasteiger partial charge >= 0.3 is 0 Å². The Balaban J connectivity index is 2.66. The first-order valence-electron chi connectivity index (χ1n) is 3.15. The van der Waals surface area contributed by atoms with Gasteiger partial charge in [0.2, 0.25) is 0 Å². The van der Waals surface area contributed by atoms with E-state index in [4.69, 9.17) is 11.6 Å². The van der Waals surface area contributed by atoms with Crippen LogP contribution in [0.4, 0.5) is 0 Å². The maximum Gasteiger partial charge on any atom is 0.200 e. The van der Waals surface area contributed by atoms with Gasteiger partial charge in [-0.05, 0) is 22.6 Å². The van der Waals surface area contributed by atoms with Gasteiger partial charge in [0.25, 0.3) is 0 Å². The molecule has 0 fully saturated rings. The van der Waals surface area contributed by atoms with Gasteiger partial charge in [-0.15, -0.1) is 0 Å². The van der Waals surface area contributed by atoms with Crippen LogP contribution in [-0.2, 0) is 6.54 Å². The lowest BCUT2D eigenvalue weighted by atomic mass is 10.3. The van der Waals surface area contributed by atoms with Crippen molar-refractivity contribution in [3.05, 3.63) is 14.7 Å². The van der Waals surface area contributed by atoms with Crippen LogP contribution in [0.3, 0.4) is 0 Å². The van der Waals surface area contributed by atoms with Crippen LogP contribution in [0.1, 0.15) is 17.0 Å². The number of aromatic nitrogens is 2. The zero-order valence-electron chi connectivity index (χ0n) is 5.47. The topological polar surface area (TPSA) is 34.9 Å². The van der Waals surface area contributed by atoms with Gasteiger partial charge in [-0.2, -0.15) is 0 Å². The molecule has 2 rings (SSSR count). The second kappa shape index (κ2) is 2.45. The largest absolute Gasteiger partial charge is 0.311 e. The maximum absolute atomic E-state index is 11.1. The Kier molecular flexibility index (Phi) is 1.68. The van der Waals surface area contributed by atoms with E-state index in [1.54, 1.807) is 4.57 Å². The van der Waals surface area contributed by atoms with Crippen LogP contribution in [0.2, 0.25) is 5.15 Å². The van der Waals surface area contributed by atoms with Crippen LogP contribution >= 0.6 is 34.2 Å². The number of fused-ring (bicyclic) bond motifs is 1. The van der Waals surface area contributed by atoms with Gasteiger partial charge in [-0.3, -0.25) is 4.79 Å². The number of ketones is 1. The lowest BCUT2D eigenvalue weighted by Gasteiger charge is -1.93. The van der Waals surface area contributed by atoms with Crippen LogP contribution in [-0.4, -0.2) is 15.3 Å². The molecular formula is C6H4ClIN2O. The number of imidazole rings is 1. The molecule has 1 aromatic rings. The molecule has 0 aromatic carbocycles. The first-order valence-corrected chi connectivity index (χ1v) is 4.60. The SMILES string of the molecule is O=C1CCn2c1nc(I)c2Cl. The molecule has 1 aliphatic heterocycles. The molecular weight excluding hydrogens is 278 g/mol. The van der Waals surface area contributed by atoms with Crippen LogP contribution in [0.15, 0.2) is 0 Å². The highest BCUT2D eigenvalue weighted by Crippen LogP contribution is 2.24. The van der Waals surface area contributed by atoms with Gasteiger partial charge in [0, 0.05) is 13.0 Å². The molecule has 1 aromatic heterocycles. The van der Waals surface area contributed by atoms with Crippen LogP contribution < -0.4 is 0 Å². The quantitative estimate of drug-likeness (QED) is 0.679. The summed E-state index contributed by atoms with van der Waals surface area (Å²) in [4.78, 5) is 15.1. The molecule has 0 N–H and O–H groups in total. The second-order valence-electron chi connectivity index (χ2n) is 2.34. The first-order chi connectivity index (χ1) is 5.20. The lowest BCUT2D eigenvalue weighted by Crippen LogP contribution is -1.94. The van der Waals surface area contributed by atoms with Crippen molar-refractivity contribution >= 4 is 40.0 Å². The van der Waals surface area contributed by atoms with Crippen molar-refractivity contribution in [1.29, 1.82) is 0 Å². The maximum atomic E-state index is 11.1. The number of carbonyl (C=O) groups excluding carboxylic acids is 1. The van der Waals surface area contributed by atoms with Gasteiger partial charge in [-0.1, -0.05) is 11.6 Å². The molecule has 0 spiro atoms. The summed E-state index contributed by atoms with van der Waals surface area (Å²) >= 11 is 7.88. The van der Waals surface area contributed by atoms with Gasteiger partial charge in [0.05, 0.1) is 0 Å². The monoisotopic (exact) mass is 282 g/mol. The van der Waals surface area contributed by atoms with E-state index in [0.29, 0.717) is 27.6 Å². The number of nitrogens with zero attached hydrogens (tertiary/aromatic N) is 2. The average molecular weight is 282 g/mol. The number of rotatable bonds is 0. The predicted molar refractivity (Wildman–Crippen MR) is 48.9 cm³/mol. The molecule has 0 bridgehead atoms. The van der Waals surface area contributed by atoms with Crippen molar-refractivity contribution in [2.45, 2.75) is 13.0 Å². The fraction of sp³-hybridized carbons (Fsp3) is 0.333. The molecule has 3 nitrogen and oxygen atoms in total. The Morgan fingerprint density at radius 3 is 3.00 bits per heavy atom. The van der Waals surface area contributed by atoms with E-state index in [2.05, 4.69) is 4.98 Å². The molecule has 0 aliphatic carbocycles. The van der Waals surface area contributed by atoms with E-state index < -0.39 is 0 Å². The van der Waals surface area contributed by atoms with Crippen LogP contribution in [0.25, 0.3) is 0 Å². The minimum atomic E-state index is 0.0924. The Labute approximate surface area is 81.9 Å². The second-order valence-corrected chi connectivity index (χ2v) is 3.72. The summed E-state index contributed by atoms with van der Waals surface area (Å²) in [5.74, 6) is 0.606. The number of carbonyl (C=O) groups is 1. The minimum Gasteiger partial charge on any atom is -0.311 e. The molecule has 0 unspecified atom stereocenters. The third-order valence-electron chi connectivity index (χ3n) is 1.68. The zero-order valence-corrected chi connectivity index (χ0v) is 8.39. The predicted octanol–water partition coefficient (Wildman–Crippen LogP) is 1.73. The number of halogens is 2. The van der Waals surface area contributed by atoms with Gasteiger partial charge in [0.1, 0.15) is 8.85 Å². The van der Waals surface area contributed by atoms with Crippen molar-refractivity contribution in [3.63, 3.8) is 0 Å². The number of Topliss-reactive ketones (excluding diaryl/α,β-unsaturated/α-hetero) is 1. The van der Waals surface area contributed by atoms with Crippen molar-refractivity contribution < 1.29 is 4.79 Å². The van der Waals surface area contributed by atoms with E-state index in [1.807, 2.05) is 22.6 Å². The Bertz CT molecular complexity index is 334. The van der Waals surface area contributed by atoms with Crippen molar-refractivity contribution in [3.8, 4) is 0 Å². The molecule has 0 amide bonds. The van der Waals surface area contributed by atoms with Gasteiger partial charge < -0.3 is 4.57 Å². The number of hydrogen-bond acceptors (Lipinski definition) is 2. The van der Waals surface area contributed by atoms with Gasteiger partial charge in [0.15, 0.2) is 11.6 Å². The first kappa shape index (κ1) is 7.54. The molecule has 5 heteroatoms. The van der Waals surface area contributed by atoms with Crippen molar-refractivity contribution in [1.82, 2.24) is 9.55 Å². The van der Waals surface area contributed by atoms with Gasteiger partial charge in [-0.25, -0.2) is 4.98 Å². The molecule has 0 radical (unpaired) electrons. The molecule has 0 saturated heterocycles. The molecule has 58 valence electrons. The summed E-state index contributed by atoms with van der Waals surface area (Å²) < 4.78 is 2.47. The number of hydrogen-bond donors (Lipinski definition) is 0. The van der Waals surface area contributed by atoms with Crippen molar-refractivity contribution in [2.24, 2.45) is 0 Å². The fourth-order valence-electron chi connectivity index (χ4n) is 1.15. The molecule has 0 atom stereocenters. The minimum absolute atomic E-state index is 0.0924. The lowest BCUT2D eigenvalue weighted by molar-refractivity contribution is 0.0990. The fourth-order valence-corrected chi connectivity index (χ4v) is 1.87. The van der Waals surface area contributed by atoms with E-state index in [-0.39, 0.29) is 5.78 Å². The standard InChI is InChI=1S/C6H4ClIN2O/c7-4-5(8)9-6-3(11)1-2-10(4)6/h1-2H2. The molecule has 11 heavy (non-hydrogen) atoms. The summed E-state index contributed by atoms with van der Waals surface area (Å²) in [6.07, 6.45) is 0.541. The van der Waals surface area contributed by atoms with E-state index in [9.17, 15) is 4.79 Å². The molecule has 2 heterocycles. The summed E-state index contributed by atoms with van der Waals surface area (Å²) in [5.41, 5.74) is 0. The normalized spacial score (nSPS) is 15.6. The van der Waals surface area contributed by atoms with E-state index >= 15 is 0 Å².